The fraction of sp³-hybridized carbons (Fsp3) is 0.333. The van der Waals surface area contributed by atoms with Gasteiger partial charge in [0.25, 0.3) is 0 Å². The van der Waals surface area contributed by atoms with Gasteiger partial charge in [-0.3, -0.25) is 0 Å². The molecule has 90 valence electrons. The lowest BCUT2D eigenvalue weighted by Gasteiger charge is -2.17. The van der Waals surface area contributed by atoms with Crippen LogP contribution in [-0.2, 0) is 12.8 Å². The van der Waals surface area contributed by atoms with E-state index in [1.54, 1.807) is 0 Å². The van der Waals surface area contributed by atoms with Crippen LogP contribution in [0.2, 0.25) is 0 Å². The van der Waals surface area contributed by atoms with E-state index in [9.17, 15) is 0 Å². The van der Waals surface area contributed by atoms with Crippen molar-refractivity contribution in [3.63, 3.8) is 0 Å². The highest BCUT2D eigenvalue weighted by atomic mass is 32.1. The molecule has 0 bridgehead atoms. The average molecular weight is 245 g/mol. The monoisotopic (exact) mass is 245 g/mol. The molecule has 0 fully saturated rings. The van der Waals surface area contributed by atoms with Gasteiger partial charge in [0.15, 0.2) is 0 Å². The molecule has 0 aliphatic carbocycles. The highest BCUT2D eigenvalue weighted by molar-refractivity contribution is 7.09. The van der Waals surface area contributed by atoms with Gasteiger partial charge in [-0.2, -0.15) is 0 Å². The van der Waals surface area contributed by atoms with E-state index in [-0.39, 0.29) is 0 Å². The zero-order valence-electron chi connectivity index (χ0n) is 10.2. The number of thiophene rings is 1. The highest BCUT2D eigenvalue weighted by Gasteiger charge is 2.09. The smallest absolute Gasteiger partial charge is 0.0156 e. The lowest BCUT2D eigenvalue weighted by molar-refractivity contribution is 0.524. The lowest BCUT2D eigenvalue weighted by Crippen LogP contribution is -2.32. The van der Waals surface area contributed by atoms with Gasteiger partial charge in [-0.15, -0.1) is 11.3 Å². The van der Waals surface area contributed by atoms with Gasteiger partial charge in [-0.05, 0) is 36.4 Å². The summed E-state index contributed by atoms with van der Waals surface area (Å²) < 4.78 is 0. The predicted octanol–water partition coefficient (Wildman–Crippen LogP) is 3.51. The Morgan fingerprint density at radius 1 is 1.06 bits per heavy atom. The third-order valence-corrected chi connectivity index (χ3v) is 3.74. The first-order chi connectivity index (χ1) is 8.38. The summed E-state index contributed by atoms with van der Waals surface area (Å²) in [4.78, 5) is 1.46. The summed E-state index contributed by atoms with van der Waals surface area (Å²) in [5, 5.41) is 5.73. The molecule has 1 heterocycles. The van der Waals surface area contributed by atoms with Crippen LogP contribution in [0.25, 0.3) is 0 Å². The molecule has 0 radical (unpaired) electrons. The molecule has 0 aliphatic rings. The van der Waals surface area contributed by atoms with Crippen molar-refractivity contribution in [3.05, 3.63) is 58.3 Å². The van der Waals surface area contributed by atoms with Crippen LogP contribution in [0.3, 0.4) is 0 Å². The Morgan fingerprint density at radius 3 is 2.53 bits per heavy atom. The lowest BCUT2D eigenvalue weighted by atomic mass is 10.0. The van der Waals surface area contributed by atoms with Gasteiger partial charge in [0.1, 0.15) is 0 Å². The van der Waals surface area contributed by atoms with Crippen LogP contribution in [0.15, 0.2) is 47.8 Å². The van der Waals surface area contributed by atoms with Crippen LogP contribution < -0.4 is 5.32 Å². The summed E-state index contributed by atoms with van der Waals surface area (Å²) >= 11 is 1.85. The average Bonchev–Trinajstić information content (AvgIpc) is 2.83. The molecule has 0 spiro atoms. The fourth-order valence-electron chi connectivity index (χ4n) is 2.08. The molecule has 2 rings (SSSR count). The Labute approximate surface area is 108 Å². The van der Waals surface area contributed by atoms with E-state index < -0.39 is 0 Å². The molecule has 2 aromatic rings. The van der Waals surface area contributed by atoms with Gasteiger partial charge in [-0.1, -0.05) is 43.3 Å². The highest BCUT2D eigenvalue weighted by Crippen LogP contribution is 2.13. The van der Waals surface area contributed by atoms with E-state index in [1.807, 2.05) is 11.3 Å². The molecule has 1 aromatic heterocycles. The number of hydrogen-bond acceptors (Lipinski definition) is 2. The molecule has 1 aromatic carbocycles. The maximum atomic E-state index is 3.58. The number of benzene rings is 1. The summed E-state index contributed by atoms with van der Waals surface area (Å²) in [6.07, 6.45) is 2.23. The predicted molar refractivity (Wildman–Crippen MR) is 75.6 cm³/mol. The van der Waals surface area contributed by atoms with Crippen LogP contribution in [0.1, 0.15) is 17.4 Å². The molecule has 0 amide bonds. The number of likely N-dealkylation sites (N-methyl/N-ethyl adjacent to an activating group) is 1. The molecule has 0 saturated heterocycles. The number of rotatable bonds is 6. The van der Waals surface area contributed by atoms with Crippen molar-refractivity contribution < 1.29 is 0 Å². The quantitative estimate of drug-likeness (QED) is 0.821. The van der Waals surface area contributed by atoms with Crippen molar-refractivity contribution >= 4 is 11.3 Å². The van der Waals surface area contributed by atoms with Crippen molar-refractivity contribution in [2.45, 2.75) is 25.8 Å². The molecule has 1 nitrogen and oxygen atoms in total. The van der Waals surface area contributed by atoms with Gasteiger partial charge in [0, 0.05) is 10.9 Å². The minimum absolute atomic E-state index is 0.543. The fourth-order valence-corrected chi connectivity index (χ4v) is 2.86. The third kappa shape index (κ3) is 3.99. The Hall–Kier alpha value is -1.12. The van der Waals surface area contributed by atoms with Crippen molar-refractivity contribution in [3.8, 4) is 0 Å². The largest absolute Gasteiger partial charge is 0.314 e. The SMILES string of the molecule is CCNC(Cc1ccccc1)Cc1cccs1. The Balaban J connectivity index is 1.97. The normalized spacial score (nSPS) is 12.5. The minimum Gasteiger partial charge on any atom is -0.314 e. The second kappa shape index (κ2) is 6.58. The van der Waals surface area contributed by atoms with Crippen molar-refractivity contribution in [2.75, 3.05) is 6.54 Å². The number of hydrogen-bond donors (Lipinski definition) is 1. The molecule has 17 heavy (non-hydrogen) atoms. The molecule has 0 aliphatic heterocycles. The molecule has 2 heteroatoms. The Bertz CT molecular complexity index is 408. The van der Waals surface area contributed by atoms with Gasteiger partial charge in [-0.25, -0.2) is 0 Å². The molecular formula is C15H19NS. The van der Waals surface area contributed by atoms with Crippen LogP contribution in [0.4, 0.5) is 0 Å². The first-order valence-electron chi connectivity index (χ1n) is 6.18. The summed E-state index contributed by atoms with van der Waals surface area (Å²) in [6, 6.07) is 15.6. The topological polar surface area (TPSA) is 12.0 Å². The minimum atomic E-state index is 0.543. The van der Waals surface area contributed by atoms with Crippen molar-refractivity contribution in [2.24, 2.45) is 0 Å². The van der Waals surface area contributed by atoms with E-state index in [0.717, 1.165) is 19.4 Å². The Morgan fingerprint density at radius 2 is 1.88 bits per heavy atom. The van der Waals surface area contributed by atoms with Crippen LogP contribution in [-0.4, -0.2) is 12.6 Å². The van der Waals surface area contributed by atoms with E-state index in [1.165, 1.54) is 10.4 Å². The first kappa shape index (κ1) is 12.3. The second-order valence-electron chi connectivity index (χ2n) is 4.23. The van der Waals surface area contributed by atoms with Gasteiger partial charge < -0.3 is 5.32 Å². The summed E-state index contributed by atoms with van der Waals surface area (Å²) in [5.74, 6) is 0. The van der Waals surface area contributed by atoms with Gasteiger partial charge in [0.05, 0.1) is 0 Å². The molecule has 1 N–H and O–H groups in total. The Kier molecular flexibility index (Phi) is 4.77. The number of nitrogens with one attached hydrogen (secondary N) is 1. The summed E-state index contributed by atoms with van der Waals surface area (Å²) in [5.41, 5.74) is 1.41. The first-order valence-corrected chi connectivity index (χ1v) is 7.06. The van der Waals surface area contributed by atoms with Crippen molar-refractivity contribution in [1.29, 1.82) is 0 Å². The van der Waals surface area contributed by atoms with Crippen molar-refractivity contribution in [1.82, 2.24) is 5.32 Å². The summed E-state index contributed by atoms with van der Waals surface area (Å²) in [6.45, 7) is 3.20. The van der Waals surface area contributed by atoms with Gasteiger partial charge >= 0.3 is 0 Å². The van der Waals surface area contributed by atoms with E-state index in [2.05, 4.69) is 60.1 Å². The second-order valence-corrected chi connectivity index (χ2v) is 5.26. The van der Waals surface area contributed by atoms with Crippen LogP contribution >= 0.6 is 11.3 Å². The maximum Gasteiger partial charge on any atom is 0.0156 e. The zero-order chi connectivity index (χ0) is 11.9. The van der Waals surface area contributed by atoms with Crippen LogP contribution in [0.5, 0.6) is 0 Å². The van der Waals surface area contributed by atoms with E-state index >= 15 is 0 Å². The zero-order valence-corrected chi connectivity index (χ0v) is 11.0. The van der Waals surface area contributed by atoms with Gasteiger partial charge in [0.2, 0.25) is 0 Å². The standard InChI is InChI=1S/C15H19NS/c1-2-16-14(12-15-9-6-10-17-15)11-13-7-4-3-5-8-13/h3-10,14,16H,2,11-12H2,1H3. The van der Waals surface area contributed by atoms with Crippen LogP contribution in [0, 0.1) is 0 Å². The molecule has 0 saturated carbocycles. The third-order valence-electron chi connectivity index (χ3n) is 2.85. The molecule has 1 atom stereocenters. The molecular weight excluding hydrogens is 226 g/mol. The maximum absolute atomic E-state index is 3.58. The summed E-state index contributed by atoms with van der Waals surface area (Å²) in [7, 11) is 0. The van der Waals surface area contributed by atoms with E-state index in [0.29, 0.717) is 6.04 Å². The molecule has 1 unspecified atom stereocenters. The van der Waals surface area contributed by atoms with E-state index in [4.69, 9.17) is 0 Å².